The topological polar surface area (TPSA) is 56.1 Å². The van der Waals surface area contributed by atoms with E-state index in [0.29, 0.717) is 17.3 Å². The first-order chi connectivity index (χ1) is 14.3. The van der Waals surface area contributed by atoms with Crippen molar-refractivity contribution in [3.8, 4) is 11.6 Å². The lowest BCUT2D eigenvalue weighted by molar-refractivity contribution is -0.137. The van der Waals surface area contributed by atoms with Crippen LogP contribution in [-0.2, 0) is 13.2 Å². The molecule has 0 spiro atoms. The Labute approximate surface area is 169 Å². The summed E-state index contributed by atoms with van der Waals surface area (Å²) in [4.78, 5) is 16.4. The molecule has 30 heavy (non-hydrogen) atoms. The molecule has 4 aromatic rings. The van der Waals surface area contributed by atoms with Gasteiger partial charge in [0.25, 0.3) is 5.91 Å². The number of aryl methyl sites for hydroxylation is 1. The molecule has 2 heterocycles. The number of aromatic nitrogens is 2. The summed E-state index contributed by atoms with van der Waals surface area (Å²) in [5, 5.41) is 3.69. The van der Waals surface area contributed by atoms with Crippen molar-refractivity contribution in [2.75, 3.05) is 5.32 Å². The highest BCUT2D eigenvalue weighted by Gasteiger charge is 2.30. The number of nitrogens with zero attached hydrogens (tertiary/aromatic N) is 2. The molecule has 2 aromatic heterocycles. The number of anilines is 1. The van der Waals surface area contributed by atoms with Gasteiger partial charge in [-0.3, -0.25) is 4.79 Å². The number of rotatable bonds is 4. The number of ether oxygens (including phenoxy) is 1. The van der Waals surface area contributed by atoms with E-state index in [-0.39, 0.29) is 5.56 Å². The zero-order valence-corrected chi connectivity index (χ0v) is 15.8. The third-order valence-electron chi connectivity index (χ3n) is 4.55. The molecule has 0 aliphatic heterocycles. The maximum Gasteiger partial charge on any atom is 0.416 e. The second kappa shape index (κ2) is 7.55. The third-order valence-corrected chi connectivity index (χ3v) is 4.55. The van der Waals surface area contributed by atoms with Crippen molar-refractivity contribution in [1.82, 2.24) is 9.55 Å². The van der Waals surface area contributed by atoms with E-state index in [1.54, 1.807) is 12.1 Å². The van der Waals surface area contributed by atoms with Crippen molar-refractivity contribution in [3.63, 3.8) is 0 Å². The predicted molar refractivity (Wildman–Crippen MR) is 107 cm³/mol. The SMILES string of the molecule is Cn1ccc2ccc(Oc3ccc(NC(=O)c4ccc(C(F)(F)F)cc4)cn3)cc21. The fraction of sp³-hybridized carbons (Fsp3) is 0.0909. The number of hydrogen-bond donors (Lipinski definition) is 1. The number of benzene rings is 2. The standard InChI is InChI=1S/C22H16F3N3O2/c1-28-11-10-14-4-8-18(12-19(14)28)30-20-9-7-17(13-26-20)27-21(29)15-2-5-16(6-3-15)22(23,24)25/h2-13H,1H3,(H,27,29). The van der Waals surface area contributed by atoms with Crippen LogP contribution >= 0.6 is 0 Å². The Bertz CT molecular complexity index is 1200. The lowest BCUT2D eigenvalue weighted by Crippen LogP contribution is -2.13. The van der Waals surface area contributed by atoms with Gasteiger partial charge in [0.2, 0.25) is 5.88 Å². The van der Waals surface area contributed by atoms with Gasteiger partial charge in [0.15, 0.2) is 0 Å². The molecule has 0 unspecified atom stereocenters. The number of carbonyl (C=O) groups excluding carboxylic acids is 1. The quantitative estimate of drug-likeness (QED) is 0.473. The zero-order chi connectivity index (χ0) is 21.3. The number of carbonyl (C=O) groups is 1. The normalized spacial score (nSPS) is 11.5. The summed E-state index contributed by atoms with van der Waals surface area (Å²) in [6, 6.07) is 14.9. The largest absolute Gasteiger partial charge is 0.439 e. The Morgan fingerprint density at radius 1 is 1.03 bits per heavy atom. The lowest BCUT2D eigenvalue weighted by atomic mass is 10.1. The number of hydrogen-bond acceptors (Lipinski definition) is 3. The second-order valence-electron chi connectivity index (χ2n) is 6.66. The number of amides is 1. The number of pyridine rings is 1. The van der Waals surface area contributed by atoms with Crippen molar-refractivity contribution in [2.24, 2.45) is 7.05 Å². The van der Waals surface area contributed by atoms with E-state index >= 15 is 0 Å². The Morgan fingerprint density at radius 2 is 1.80 bits per heavy atom. The van der Waals surface area contributed by atoms with E-state index in [4.69, 9.17) is 4.74 Å². The average Bonchev–Trinajstić information content (AvgIpc) is 3.09. The number of fused-ring (bicyclic) bond motifs is 1. The molecule has 2 aromatic carbocycles. The third kappa shape index (κ3) is 4.12. The van der Waals surface area contributed by atoms with Gasteiger partial charge in [-0.2, -0.15) is 13.2 Å². The Morgan fingerprint density at radius 3 is 2.47 bits per heavy atom. The Hall–Kier alpha value is -3.81. The average molecular weight is 411 g/mol. The maximum atomic E-state index is 12.6. The molecule has 152 valence electrons. The summed E-state index contributed by atoms with van der Waals surface area (Å²) in [6.45, 7) is 0. The van der Waals surface area contributed by atoms with Gasteiger partial charge in [0.1, 0.15) is 5.75 Å². The molecular weight excluding hydrogens is 395 g/mol. The van der Waals surface area contributed by atoms with Crippen molar-refractivity contribution in [1.29, 1.82) is 0 Å². The van der Waals surface area contributed by atoms with E-state index in [9.17, 15) is 18.0 Å². The van der Waals surface area contributed by atoms with Gasteiger partial charge < -0.3 is 14.6 Å². The molecule has 0 bridgehead atoms. The highest BCUT2D eigenvalue weighted by atomic mass is 19.4. The van der Waals surface area contributed by atoms with Crippen molar-refractivity contribution in [2.45, 2.75) is 6.18 Å². The van der Waals surface area contributed by atoms with Gasteiger partial charge in [-0.25, -0.2) is 4.98 Å². The van der Waals surface area contributed by atoms with Crippen LogP contribution in [0, 0.1) is 0 Å². The van der Waals surface area contributed by atoms with E-state index < -0.39 is 17.6 Å². The van der Waals surface area contributed by atoms with Crippen LogP contribution in [0.5, 0.6) is 11.6 Å². The number of halogens is 3. The van der Waals surface area contributed by atoms with Crippen LogP contribution in [0.25, 0.3) is 10.9 Å². The highest BCUT2D eigenvalue weighted by molar-refractivity contribution is 6.04. The van der Waals surface area contributed by atoms with Gasteiger partial charge in [0.05, 0.1) is 23.0 Å². The van der Waals surface area contributed by atoms with Crippen molar-refractivity contribution >= 4 is 22.5 Å². The smallest absolute Gasteiger partial charge is 0.416 e. The highest BCUT2D eigenvalue weighted by Crippen LogP contribution is 2.29. The molecule has 0 fully saturated rings. The predicted octanol–water partition coefficient (Wildman–Crippen LogP) is 5.64. The van der Waals surface area contributed by atoms with Gasteiger partial charge >= 0.3 is 6.18 Å². The minimum atomic E-state index is -4.44. The molecule has 0 atom stereocenters. The number of nitrogens with one attached hydrogen (secondary N) is 1. The maximum absolute atomic E-state index is 12.6. The molecule has 0 saturated carbocycles. The molecule has 0 radical (unpaired) electrons. The molecule has 0 saturated heterocycles. The van der Waals surface area contributed by atoms with Gasteiger partial charge in [-0.05, 0) is 53.9 Å². The molecule has 1 amide bonds. The molecule has 0 aliphatic carbocycles. The molecule has 4 rings (SSSR count). The lowest BCUT2D eigenvalue weighted by Gasteiger charge is -2.09. The van der Waals surface area contributed by atoms with Crippen LogP contribution in [0.3, 0.4) is 0 Å². The molecule has 5 nitrogen and oxygen atoms in total. The van der Waals surface area contributed by atoms with Crippen molar-refractivity contribution in [3.05, 3.63) is 84.2 Å². The Balaban J connectivity index is 1.42. The molecular formula is C22H16F3N3O2. The van der Waals surface area contributed by atoms with Crippen LogP contribution < -0.4 is 10.1 Å². The van der Waals surface area contributed by atoms with Gasteiger partial charge in [-0.1, -0.05) is 0 Å². The van der Waals surface area contributed by atoms with Crippen LogP contribution in [-0.4, -0.2) is 15.5 Å². The van der Waals surface area contributed by atoms with Crippen LogP contribution in [0.15, 0.2) is 73.1 Å². The second-order valence-corrected chi connectivity index (χ2v) is 6.66. The van der Waals surface area contributed by atoms with E-state index in [0.717, 1.165) is 35.2 Å². The summed E-state index contributed by atoms with van der Waals surface area (Å²) in [5.41, 5.74) is 0.716. The fourth-order valence-electron chi connectivity index (χ4n) is 2.95. The molecule has 0 aliphatic rings. The minimum absolute atomic E-state index is 0.110. The summed E-state index contributed by atoms with van der Waals surface area (Å²) in [6.07, 6.45) is -1.07. The summed E-state index contributed by atoms with van der Waals surface area (Å²) in [7, 11) is 1.94. The van der Waals surface area contributed by atoms with Crippen LogP contribution in [0.1, 0.15) is 15.9 Å². The van der Waals surface area contributed by atoms with Crippen LogP contribution in [0.2, 0.25) is 0 Å². The van der Waals surface area contributed by atoms with Gasteiger partial charge in [0, 0.05) is 30.9 Å². The fourth-order valence-corrected chi connectivity index (χ4v) is 2.95. The first kappa shape index (κ1) is 19.5. The Kier molecular flexibility index (Phi) is 4.91. The zero-order valence-electron chi connectivity index (χ0n) is 15.8. The summed E-state index contributed by atoms with van der Waals surface area (Å²) in [5.74, 6) is 0.433. The molecule has 1 N–H and O–H groups in total. The first-order valence-corrected chi connectivity index (χ1v) is 8.97. The van der Waals surface area contributed by atoms with Gasteiger partial charge in [-0.15, -0.1) is 0 Å². The van der Waals surface area contributed by atoms with Crippen LogP contribution in [0.4, 0.5) is 18.9 Å². The van der Waals surface area contributed by atoms with Crippen molar-refractivity contribution < 1.29 is 22.7 Å². The minimum Gasteiger partial charge on any atom is -0.439 e. The van der Waals surface area contributed by atoms with E-state index in [1.165, 1.54) is 6.20 Å². The number of alkyl halides is 3. The summed E-state index contributed by atoms with van der Waals surface area (Å²) < 4.78 is 45.6. The monoisotopic (exact) mass is 411 g/mol. The first-order valence-electron chi connectivity index (χ1n) is 8.97. The summed E-state index contributed by atoms with van der Waals surface area (Å²) >= 11 is 0. The molecule has 8 heteroatoms. The van der Waals surface area contributed by atoms with E-state index in [1.807, 2.05) is 42.1 Å². The van der Waals surface area contributed by atoms with E-state index in [2.05, 4.69) is 10.3 Å².